The number of carboxylic acid groups (broad SMARTS) is 1. The topological polar surface area (TPSA) is 102 Å². The fraction of sp³-hybridized carbons (Fsp3) is 0.333. The number of rotatable bonds is 3. The molecule has 1 unspecified atom stereocenters. The number of ether oxygens (including phenoxy) is 1. The first-order valence-electron chi connectivity index (χ1n) is 5.74. The van der Waals surface area contributed by atoms with Crippen LogP contribution in [0.5, 0.6) is 0 Å². The van der Waals surface area contributed by atoms with Crippen LogP contribution in [0, 0.1) is 0 Å². The van der Waals surface area contributed by atoms with Crippen LogP contribution in [0.15, 0.2) is 12.1 Å². The molecular formula is C12H12Cl2N2O4. The first-order valence-corrected chi connectivity index (χ1v) is 6.49. The average Bonchev–Trinajstić information content (AvgIpc) is 2.80. The van der Waals surface area contributed by atoms with Crippen LogP contribution >= 0.6 is 23.2 Å². The van der Waals surface area contributed by atoms with E-state index in [1.54, 1.807) is 0 Å². The number of carbonyl (C=O) groups is 2. The second kappa shape index (κ2) is 5.57. The Morgan fingerprint density at radius 2 is 2.10 bits per heavy atom. The van der Waals surface area contributed by atoms with Gasteiger partial charge in [0.15, 0.2) is 0 Å². The minimum atomic E-state index is -1.25. The molecule has 0 radical (unpaired) electrons. The average molecular weight is 319 g/mol. The van der Waals surface area contributed by atoms with E-state index in [0.29, 0.717) is 13.0 Å². The number of carboxylic acids is 1. The van der Waals surface area contributed by atoms with E-state index >= 15 is 0 Å². The summed E-state index contributed by atoms with van der Waals surface area (Å²) >= 11 is 11.7. The van der Waals surface area contributed by atoms with Gasteiger partial charge in [0.25, 0.3) is 0 Å². The lowest BCUT2D eigenvalue weighted by Gasteiger charge is -2.21. The molecule has 1 fully saturated rings. The van der Waals surface area contributed by atoms with Crippen molar-refractivity contribution in [1.82, 2.24) is 0 Å². The molecule has 6 nitrogen and oxygen atoms in total. The number of amides is 1. The zero-order valence-electron chi connectivity index (χ0n) is 10.3. The molecule has 20 heavy (non-hydrogen) atoms. The minimum Gasteiger partial charge on any atom is -0.478 e. The van der Waals surface area contributed by atoms with Gasteiger partial charge in [-0.05, 0) is 18.6 Å². The second-order valence-electron chi connectivity index (χ2n) is 4.53. The fourth-order valence-electron chi connectivity index (χ4n) is 1.87. The molecule has 4 N–H and O–H groups in total. The Morgan fingerprint density at radius 1 is 1.40 bits per heavy atom. The summed E-state index contributed by atoms with van der Waals surface area (Å²) in [5.74, 6) is -1.79. The Labute approximate surface area is 124 Å². The zero-order chi connectivity index (χ0) is 14.9. The monoisotopic (exact) mass is 318 g/mol. The molecule has 1 aromatic rings. The van der Waals surface area contributed by atoms with Gasteiger partial charge in [0, 0.05) is 11.6 Å². The van der Waals surface area contributed by atoms with Gasteiger partial charge in [-0.1, -0.05) is 23.2 Å². The van der Waals surface area contributed by atoms with Crippen molar-refractivity contribution in [3.05, 3.63) is 27.7 Å². The van der Waals surface area contributed by atoms with Gasteiger partial charge in [0.2, 0.25) is 5.91 Å². The molecule has 1 heterocycles. The maximum atomic E-state index is 12.1. The van der Waals surface area contributed by atoms with Gasteiger partial charge in [-0.3, -0.25) is 4.79 Å². The van der Waals surface area contributed by atoms with E-state index in [1.165, 1.54) is 12.1 Å². The SMILES string of the molecule is NC1(C(=O)Nc2c(Cl)cc(Cl)cc2C(=O)O)CCOC1. The quantitative estimate of drug-likeness (QED) is 0.788. The second-order valence-corrected chi connectivity index (χ2v) is 5.37. The molecule has 1 aliphatic heterocycles. The van der Waals surface area contributed by atoms with Crippen LogP contribution < -0.4 is 11.1 Å². The normalized spacial score (nSPS) is 21.8. The summed E-state index contributed by atoms with van der Waals surface area (Å²) < 4.78 is 5.09. The Hall–Kier alpha value is -1.34. The number of carbonyl (C=O) groups excluding carboxylic acids is 1. The van der Waals surface area contributed by atoms with E-state index in [2.05, 4.69) is 5.32 Å². The van der Waals surface area contributed by atoms with Crippen LogP contribution in [0.3, 0.4) is 0 Å². The highest BCUT2D eigenvalue weighted by Gasteiger charge is 2.39. The molecule has 0 aromatic heterocycles. The van der Waals surface area contributed by atoms with Crippen molar-refractivity contribution in [2.45, 2.75) is 12.0 Å². The maximum Gasteiger partial charge on any atom is 0.337 e. The highest BCUT2D eigenvalue weighted by molar-refractivity contribution is 6.37. The maximum absolute atomic E-state index is 12.1. The van der Waals surface area contributed by atoms with Gasteiger partial charge < -0.3 is 20.9 Å². The van der Waals surface area contributed by atoms with E-state index in [9.17, 15) is 9.59 Å². The number of nitrogens with one attached hydrogen (secondary N) is 1. The lowest BCUT2D eigenvalue weighted by molar-refractivity contribution is -0.121. The fourth-order valence-corrected chi connectivity index (χ4v) is 2.41. The molecule has 1 aliphatic rings. The van der Waals surface area contributed by atoms with Crippen molar-refractivity contribution in [3.8, 4) is 0 Å². The van der Waals surface area contributed by atoms with Crippen LogP contribution in [-0.2, 0) is 9.53 Å². The van der Waals surface area contributed by atoms with Gasteiger partial charge >= 0.3 is 5.97 Å². The number of hydrogen-bond donors (Lipinski definition) is 3. The molecule has 0 bridgehead atoms. The lowest BCUT2D eigenvalue weighted by Crippen LogP contribution is -2.51. The van der Waals surface area contributed by atoms with Crippen molar-refractivity contribution in [1.29, 1.82) is 0 Å². The predicted octanol–water partition coefficient (Wildman–Crippen LogP) is 1.75. The number of anilines is 1. The Bertz CT molecular complexity index is 571. The van der Waals surface area contributed by atoms with Crippen molar-refractivity contribution < 1.29 is 19.4 Å². The molecule has 0 aliphatic carbocycles. The molecule has 1 amide bonds. The summed E-state index contributed by atoms with van der Waals surface area (Å²) in [6.45, 7) is 0.455. The highest BCUT2D eigenvalue weighted by Crippen LogP contribution is 2.31. The Morgan fingerprint density at radius 3 is 2.65 bits per heavy atom. The van der Waals surface area contributed by atoms with Crippen LogP contribution in [0.1, 0.15) is 16.8 Å². The molecule has 0 spiro atoms. The van der Waals surface area contributed by atoms with Gasteiger partial charge in [-0.15, -0.1) is 0 Å². The number of hydrogen-bond acceptors (Lipinski definition) is 4. The molecular weight excluding hydrogens is 307 g/mol. The summed E-state index contributed by atoms with van der Waals surface area (Å²) in [6, 6.07) is 2.55. The highest BCUT2D eigenvalue weighted by atomic mass is 35.5. The van der Waals surface area contributed by atoms with Gasteiger partial charge in [0.05, 0.1) is 22.9 Å². The van der Waals surface area contributed by atoms with Gasteiger partial charge in [0.1, 0.15) is 5.54 Å². The van der Waals surface area contributed by atoms with E-state index < -0.39 is 17.4 Å². The summed E-state index contributed by atoms with van der Waals surface area (Å²) in [4.78, 5) is 23.3. The molecule has 0 saturated carbocycles. The van der Waals surface area contributed by atoms with E-state index in [4.69, 9.17) is 38.8 Å². The van der Waals surface area contributed by atoms with Gasteiger partial charge in [-0.2, -0.15) is 0 Å². The van der Waals surface area contributed by atoms with Crippen molar-refractivity contribution in [2.24, 2.45) is 5.73 Å². The Kier molecular flexibility index (Phi) is 4.19. The predicted molar refractivity (Wildman–Crippen MR) is 74.4 cm³/mol. The molecule has 1 aromatic carbocycles. The van der Waals surface area contributed by atoms with E-state index in [-0.39, 0.29) is 27.9 Å². The van der Waals surface area contributed by atoms with Gasteiger partial charge in [-0.25, -0.2) is 4.79 Å². The van der Waals surface area contributed by atoms with Crippen LogP contribution in [0.4, 0.5) is 5.69 Å². The minimum absolute atomic E-state index is 0.0229. The van der Waals surface area contributed by atoms with Crippen molar-refractivity contribution in [3.63, 3.8) is 0 Å². The summed E-state index contributed by atoms with van der Waals surface area (Å²) in [6.07, 6.45) is 0.354. The summed E-state index contributed by atoms with van der Waals surface area (Å²) in [5, 5.41) is 11.8. The first-order chi connectivity index (χ1) is 9.33. The molecule has 1 atom stereocenters. The first kappa shape index (κ1) is 15.1. The van der Waals surface area contributed by atoms with Crippen LogP contribution in [0.2, 0.25) is 10.0 Å². The zero-order valence-corrected chi connectivity index (χ0v) is 11.8. The lowest BCUT2D eigenvalue weighted by atomic mass is 9.99. The number of halogens is 2. The molecule has 1 saturated heterocycles. The number of aromatic carboxylic acids is 1. The van der Waals surface area contributed by atoms with Crippen LogP contribution in [-0.4, -0.2) is 35.7 Å². The summed E-state index contributed by atoms with van der Waals surface area (Å²) in [5.41, 5.74) is 4.50. The van der Waals surface area contributed by atoms with E-state index in [0.717, 1.165) is 0 Å². The van der Waals surface area contributed by atoms with Crippen molar-refractivity contribution >= 4 is 40.8 Å². The molecule has 108 valence electrons. The molecule has 2 rings (SSSR count). The standard InChI is InChI=1S/C12H12Cl2N2O4/c13-6-3-7(10(17)18)9(8(14)4-6)16-11(19)12(15)1-2-20-5-12/h3-4H,1-2,5,15H2,(H,16,19)(H,17,18). The number of benzene rings is 1. The van der Waals surface area contributed by atoms with Crippen molar-refractivity contribution in [2.75, 3.05) is 18.5 Å². The van der Waals surface area contributed by atoms with Crippen LogP contribution in [0.25, 0.3) is 0 Å². The Balaban J connectivity index is 2.33. The number of nitrogens with two attached hydrogens (primary N) is 1. The third kappa shape index (κ3) is 2.88. The largest absolute Gasteiger partial charge is 0.478 e. The molecule has 8 heteroatoms. The third-order valence-corrected chi connectivity index (χ3v) is 3.54. The van der Waals surface area contributed by atoms with E-state index in [1.807, 2.05) is 0 Å². The summed E-state index contributed by atoms with van der Waals surface area (Å²) in [7, 11) is 0. The smallest absolute Gasteiger partial charge is 0.337 e. The third-order valence-electron chi connectivity index (χ3n) is 3.03.